The van der Waals surface area contributed by atoms with Crippen molar-refractivity contribution in [2.75, 3.05) is 5.73 Å². The van der Waals surface area contributed by atoms with Gasteiger partial charge in [0.2, 0.25) is 0 Å². The van der Waals surface area contributed by atoms with Crippen LogP contribution in [0.25, 0.3) is 0 Å². The van der Waals surface area contributed by atoms with Crippen LogP contribution in [0.2, 0.25) is 5.02 Å². The maximum Gasteiger partial charge on any atom is 0.132 e. The number of hydrogen-bond donors (Lipinski definition) is 1. The fraction of sp³-hybridized carbons (Fsp3) is 0.0909. The lowest BCUT2D eigenvalue weighted by atomic mass is 10.3. The highest BCUT2D eigenvalue weighted by Gasteiger charge is 2.00. The van der Waals surface area contributed by atoms with E-state index in [4.69, 9.17) is 22.1 Å². The van der Waals surface area contributed by atoms with E-state index in [1.165, 1.54) is 0 Å². The van der Waals surface area contributed by atoms with Gasteiger partial charge >= 0.3 is 0 Å². The zero-order chi connectivity index (χ0) is 11.4. The van der Waals surface area contributed by atoms with Crippen LogP contribution < -0.4 is 10.5 Å². The molecule has 0 radical (unpaired) electrons. The summed E-state index contributed by atoms with van der Waals surface area (Å²) in [4.78, 5) is 8.03. The number of halogens is 1. The lowest BCUT2D eigenvalue weighted by Crippen LogP contribution is -1.98. The van der Waals surface area contributed by atoms with Gasteiger partial charge in [-0.15, -0.1) is 0 Å². The van der Waals surface area contributed by atoms with Crippen molar-refractivity contribution in [3.8, 4) is 5.75 Å². The molecule has 5 heteroatoms. The summed E-state index contributed by atoms with van der Waals surface area (Å²) in [5.74, 6) is 0.657. The molecule has 82 valence electrons. The van der Waals surface area contributed by atoms with E-state index in [0.717, 1.165) is 5.69 Å². The number of anilines is 1. The maximum absolute atomic E-state index is 5.86. The fourth-order valence-electron chi connectivity index (χ4n) is 1.16. The van der Waals surface area contributed by atoms with E-state index in [-0.39, 0.29) is 0 Å². The molecule has 4 nitrogen and oxygen atoms in total. The average Bonchev–Trinajstić information content (AvgIpc) is 2.32. The molecule has 0 aliphatic heterocycles. The van der Waals surface area contributed by atoms with Crippen molar-refractivity contribution >= 4 is 17.3 Å². The lowest BCUT2D eigenvalue weighted by Gasteiger charge is -2.06. The molecule has 0 amide bonds. The van der Waals surface area contributed by atoms with Gasteiger partial charge in [-0.25, -0.2) is 0 Å². The zero-order valence-electron chi connectivity index (χ0n) is 8.43. The molecule has 0 spiro atoms. The third kappa shape index (κ3) is 2.61. The second kappa shape index (κ2) is 4.81. The molecule has 0 atom stereocenters. The first kappa shape index (κ1) is 10.7. The van der Waals surface area contributed by atoms with Crippen molar-refractivity contribution in [1.82, 2.24) is 9.97 Å². The molecule has 1 aromatic carbocycles. The van der Waals surface area contributed by atoms with Gasteiger partial charge < -0.3 is 10.5 Å². The molecule has 2 N–H and O–H groups in total. The summed E-state index contributed by atoms with van der Waals surface area (Å²) in [5, 5.41) is 0.483. The summed E-state index contributed by atoms with van der Waals surface area (Å²) in [6, 6.07) is 5.14. The highest BCUT2D eigenvalue weighted by atomic mass is 35.5. The third-order valence-electron chi connectivity index (χ3n) is 1.98. The first-order valence-electron chi connectivity index (χ1n) is 4.68. The molecule has 0 fully saturated rings. The Morgan fingerprint density at radius 3 is 2.88 bits per heavy atom. The van der Waals surface area contributed by atoms with Gasteiger partial charge in [0, 0.05) is 18.5 Å². The second-order valence-electron chi connectivity index (χ2n) is 3.17. The summed E-state index contributed by atoms with van der Waals surface area (Å²) < 4.78 is 5.49. The summed E-state index contributed by atoms with van der Waals surface area (Å²) in [7, 11) is 0. The number of hydrogen-bond acceptors (Lipinski definition) is 4. The Balaban J connectivity index is 2.03. The van der Waals surface area contributed by atoms with E-state index in [2.05, 4.69) is 9.97 Å². The SMILES string of the molecule is Nc1ccc(OCc2cnccn2)cc1Cl. The van der Waals surface area contributed by atoms with Gasteiger partial charge in [-0.3, -0.25) is 9.97 Å². The molecule has 0 saturated carbocycles. The number of aromatic nitrogens is 2. The molecule has 1 aromatic heterocycles. The minimum atomic E-state index is 0.355. The summed E-state index contributed by atoms with van der Waals surface area (Å²) in [5.41, 5.74) is 6.88. The van der Waals surface area contributed by atoms with Gasteiger partial charge in [0.1, 0.15) is 12.4 Å². The largest absolute Gasteiger partial charge is 0.487 e. The van der Waals surface area contributed by atoms with E-state index in [1.54, 1.807) is 36.8 Å². The highest BCUT2D eigenvalue weighted by Crippen LogP contribution is 2.24. The minimum Gasteiger partial charge on any atom is -0.487 e. The Morgan fingerprint density at radius 2 is 2.19 bits per heavy atom. The number of nitrogens with two attached hydrogens (primary N) is 1. The van der Waals surface area contributed by atoms with Crippen LogP contribution in [0.5, 0.6) is 5.75 Å². The summed E-state index contributed by atoms with van der Waals surface area (Å²) in [6.45, 7) is 0.355. The van der Waals surface area contributed by atoms with Crippen LogP contribution in [0.3, 0.4) is 0 Å². The third-order valence-corrected chi connectivity index (χ3v) is 2.30. The maximum atomic E-state index is 5.86. The fourth-order valence-corrected chi connectivity index (χ4v) is 1.33. The molecule has 2 aromatic rings. The Bertz CT molecular complexity index is 476. The van der Waals surface area contributed by atoms with Gasteiger partial charge in [0.25, 0.3) is 0 Å². The smallest absolute Gasteiger partial charge is 0.132 e. The molecule has 0 unspecified atom stereocenters. The first-order chi connectivity index (χ1) is 7.75. The summed E-state index contributed by atoms with van der Waals surface area (Å²) in [6.07, 6.45) is 4.89. The number of nitrogen functional groups attached to an aromatic ring is 1. The topological polar surface area (TPSA) is 61.0 Å². The second-order valence-corrected chi connectivity index (χ2v) is 3.58. The number of rotatable bonds is 3. The van der Waals surface area contributed by atoms with Crippen molar-refractivity contribution in [1.29, 1.82) is 0 Å². The van der Waals surface area contributed by atoms with Crippen molar-refractivity contribution in [3.63, 3.8) is 0 Å². The number of nitrogens with zero attached hydrogens (tertiary/aromatic N) is 2. The quantitative estimate of drug-likeness (QED) is 0.830. The predicted molar refractivity (Wildman–Crippen MR) is 62.2 cm³/mol. The van der Waals surface area contributed by atoms with Crippen LogP contribution in [0.4, 0.5) is 5.69 Å². The summed E-state index contributed by atoms with van der Waals surface area (Å²) >= 11 is 5.86. The van der Waals surface area contributed by atoms with Gasteiger partial charge in [-0.2, -0.15) is 0 Å². The minimum absolute atomic E-state index is 0.355. The standard InChI is InChI=1S/C11H10ClN3O/c12-10-5-9(1-2-11(10)13)16-7-8-6-14-3-4-15-8/h1-6H,7,13H2. The van der Waals surface area contributed by atoms with E-state index in [0.29, 0.717) is 23.1 Å². The van der Waals surface area contributed by atoms with Crippen LogP contribution in [0.15, 0.2) is 36.8 Å². The number of ether oxygens (including phenoxy) is 1. The monoisotopic (exact) mass is 235 g/mol. The van der Waals surface area contributed by atoms with Crippen LogP contribution in [-0.2, 0) is 6.61 Å². The molecule has 0 aliphatic rings. The molecule has 0 bridgehead atoms. The van der Waals surface area contributed by atoms with Crippen molar-refractivity contribution in [2.24, 2.45) is 0 Å². The Morgan fingerprint density at radius 1 is 1.31 bits per heavy atom. The van der Waals surface area contributed by atoms with Crippen LogP contribution in [0, 0.1) is 0 Å². The van der Waals surface area contributed by atoms with Gasteiger partial charge in [0.15, 0.2) is 0 Å². The van der Waals surface area contributed by atoms with Gasteiger partial charge in [0.05, 0.1) is 22.6 Å². The predicted octanol–water partition coefficient (Wildman–Crippen LogP) is 2.29. The molecular weight excluding hydrogens is 226 g/mol. The Hall–Kier alpha value is -1.81. The van der Waals surface area contributed by atoms with Crippen molar-refractivity contribution < 1.29 is 4.74 Å². The first-order valence-corrected chi connectivity index (χ1v) is 5.06. The normalized spacial score (nSPS) is 10.1. The van der Waals surface area contributed by atoms with E-state index < -0.39 is 0 Å². The van der Waals surface area contributed by atoms with Crippen molar-refractivity contribution in [3.05, 3.63) is 47.5 Å². The molecular formula is C11H10ClN3O. The Kier molecular flexibility index (Phi) is 3.22. The van der Waals surface area contributed by atoms with E-state index >= 15 is 0 Å². The van der Waals surface area contributed by atoms with Gasteiger partial charge in [-0.1, -0.05) is 11.6 Å². The van der Waals surface area contributed by atoms with Crippen LogP contribution >= 0.6 is 11.6 Å². The van der Waals surface area contributed by atoms with E-state index in [9.17, 15) is 0 Å². The molecule has 2 rings (SSSR count). The molecule has 0 saturated heterocycles. The number of benzene rings is 1. The zero-order valence-corrected chi connectivity index (χ0v) is 9.19. The van der Waals surface area contributed by atoms with E-state index in [1.807, 2.05) is 0 Å². The lowest BCUT2D eigenvalue weighted by molar-refractivity contribution is 0.301. The Labute approximate surface area is 98.0 Å². The molecule has 1 heterocycles. The average molecular weight is 236 g/mol. The highest BCUT2D eigenvalue weighted by molar-refractivity contribution is 6.33. The van der Waals surface area contributed by atoms with Crippen LogP contribution in [0.1, 0.15) is 5.69 Å². The van der Waals surface area contributed by atoms with Crippen LogP contribution in [-0.4, -0.2) is 9.97 Å². The van der Waals surface area contributed by atoms with Gasteiger partial charge in [-0.05, 0) is 12.1 Å². The van der Waals surface area contributed by atoms with Crippen molar-refractivity contribution in [2.45, 2.75) is 6.61 Å². The molecule has 16 heavy (non-hydrogen) atoms. The molecule has 0 aliphatic carbocycles.